The number of fused-ring (bicyclic) bond motifs is 1. The zero-order valence-corrected chi connectivity index (χ0v) is 18.4. The molecule has 7 nitrogen and oxygen atoms in total. The normalized spacial score (nSPS) is 25.3. The molecule has 1 saturated carbocycles. The van der Waals surface area contributed by atoms with Crippen LogP contribution in [0, 0.1) is 30.4 Å². The predicted octanol–water partition coefficient (Wildman–Crippen LogP) is 2.77. The van der Waals surface area contributed by atoms with E-state index in [1.54, 1.807) is 25.1 Å². The smallest absolute Gasteiger partial charge is 0.273 e. The Hall–Kier alpha value is -2.52. The van der Waals surface area contributed by atoms with E-state index in [-0.39, 0.29) is 40.3 Å². The molecule has 0 unspecified atom stereocenters. The van der Waals surface area contributed by atoms with Crippen LogP contribution >= 0.6 is 11.6 Å². The van der Waals surface area contributed by atoms with Crippen molar-refractivity contribution in [3.8, 4) is 0 Å². The lowest BCUT2D eigenvalue weighted by atomic mass is 9.90. The van der Waals surface area contributed by atoms with Crippen LogP contribution in [0.1, 0.15) is 40.5 Å². The minimum Gasteiger partial charge on any atom is -0.381 e. The molecule has 0 radical (unpaired) electrons. The van der Waals surface area contributed by atoms with E-state index in [0.29, 0.717) is 25.3 Å². The van der Waals surface area contributed by atoms with Crippen LogP contribution in [0.25, 0.3) is 0 Å². The average Bonchev–Trinajstić information content (AvgIpc) is 3.23. The molecule has 2 saturated heterocycles. The van der Waals surface area contributed by atoms with Gasteiger partial charge >= 0.3 is 0 Å². The number of aromatic nitrogens is 2. The molecule has 2 aliphatic heterocycles. The molecule has 1 aliphatic carbocycles. The first-order valence-corrected chi connectivity index (χ1v) is 11.0. The van der Waals surface area contributed by atoms with Crippen LogP contribution in [0.5, 0.6) is 0 Å². The number of nitrogens with one attached hydrogen (secondary N) is 1. The molecule has 1 N–H and O–H groups in total. The van der Waals surface area contributed by atoms with E-state index in [0.717, 1.165) is 24.1 Å². The standard InChI is InChI=1S/C22H23ClF2N4O3/c1-10-7-26-28(2)20(10)22(31)29-17-3-11(17)4-18(29)21(30)27-19(12-8-32-9-12)13-5-16(25)14(23)6-15(13)24/h5-7,11-12,17-19H,3-4,8-9H2,1-2H3,(H,27,30)/t11-,17-,18-,19-/m1/s1. The summed E-state index contributed by atoms with van der Waals surface area (Å²) in [5.41, 5.74) is 1.21. The summed E-state index contributed by atoms with van der Waals surface area (Å²) in [4.78, 5) is 28.3. The van der Waals surface area contributed by atoms with Crippen molar-refractivity contribution in [2.75, 3.05) is 13.2 Å². The fourth-order valence-corrected chi connectivity index (χ4v) is 5.03. The topological polar surface area (TPSA) is 76.5 Å². The van der Waals surface area contributed by atoms with Crippen LogP contribution < -0.4 is 5.32 Å². The Morgan fingerprint density at radius 1 is 1.25 bits per heavy atom. The van der Waals surface area contributed by atoms with E-state index in [9.17, 15) is 18.4 Å². The van der Waals surface area contributed by atoms with Crippen molar-refractivity contribution < 1.29 is 23.1 Å². The molecule has 4 atom stereocenters. The summed E-state index contributed by atoms with van der Waals surface area (Å²) in [5.74, 6) is -1.99. The molecular weight excluding hydrogens is 442 g/mol. The Bertz CT molecular complexity index is 1080. The fourth-order valence-electron chi connectivity index (χ4n) is 4.88. The first-order chi connectivity index (χ1) is 15.3. The summed E-state index contributed by atoms with van der Waals surface area (Å²) in [6.07, 6.45) is 3.03. The zero-order valence-electron chi connectivity index (χ0n) is 17.6. The van der Waals surface area contributed by atoms with Crippen LogP contribution in [0.4, 0.5) is 8.78 Å². The Kier molecular flexibility index (Phi) is 5.21. The number of likely N-dealkylation sites (tertiary alicyclic amines) is 1. The average molecular weight is 465 g/mol. The molecule has 1 aromatic heterocycles. The van der Waals surface area contributed by atoms with Gasteiger partial charge in [0.1, 0.15) is 23.4 Å². The van der Waals surface area contributed by atoms with Gasteiger partial charge in [0.2, 0.25) is 5.91 Å². The molecule has 3 heterocycles. The highest BCUT2D eigenvalue weighted by molar-refractivity contribution is 6.30. The summed E-state index contributed by atoms with van der Waals surface area (Å²) in [6.45, 7) is 2.45. The number of hydrogen-bond acceptors (Lipinski definition) is 4. The first-order valence-electron chi connectivity index (χ1n) is 10.6. The highest BCUT2D eigenvalue weighted by Gasteiger charge is 2.57. The lowest BCUT2D eigenvalue weighted by Crippen LogP contribution is -2.51. The van der Waals surface area contributed by atoms with Gasteiger partial charge in [-0.05, 0) is 43.4 Å². The summed E-state index contributed by atoms with van der Waals surface area (Å²) in [7, 11) is 1.69. The summed E-state index contributed by atoms with van der Waals surface area (Å²) < 4.78 is 35.5. The number of nitrogens with zero attached hydrogens (tertiary/aromatic N) is 3. The van der Waals surface area contributed by atoms with Crippen LogP contribution in [-0.2, 0) is 16.6 Å². The van der Waals surface area contributed by atoms with Crippen molar-refractivity contribution in [3.63, 3.8) is 0 Å². The highest BCUT2D eigenvalue weighted by atomic mass is 35.5. The number of ether oxygens (including phenoxy) is 1. The number of rotatable bonds is 5. The molecule has 170 valence electrons. The van der Waals surface area contributed by atoms with Gasteiger partial charge in [0.15, 0.2) is 0 Å². The second-order valence-corrected chi connectivity index (χ2v) is 9.31. The third-order valence-corrected chi connectivity index (χ3v) is 7.06. The van der Waals surface area contributed by atoms with Gasteiger partial charge in [-0.1, -0.05) is 11.6 Å². The second kappa shape index (κ2) is 7.81. The third-order valence-electron chi connectivity index (χ3n) is 6.77. The molecular formula is C22H23ClF2N4O3. The summed E-state index contributed by atoms with van der Waals surface area (Å²) in [5, 5.41) is 6.70. The van der Waals surface area contributed by atoms with E-state index < -0.39 is 23.7 Å². The van der Waals surface area contributed by atoms with Crippen LogP contribution in [0.2, 0.25) is 5.02 Å². The number of piperidine rings is 1. The molecule has 10 heteroatoms. The third kappa shape index (κ3) is 3.47. The number of carbonyl (C=O) groups excluding carboxylic acids is 2. The maximum atomic E-state index is 14.7. The lowest BCUT2D eigenvalue weighted by molar-refractivity contribution is -0.128. The highest BCUT2D eigenvalue weighted by Crippen LogP contribution is 2.48. The van der Waals surface area contributed by atoms with E-state index in [4.69, 9.17) is 16.3 Å². The fraction of sp³-hybridized carbons (Fsp3) is 0.500. The number of aryl methyl sites for hydroxylation is 2. The van der Waals surface area contributed by atoms with Gasteiger partial charge in [-0.15, -0.1) is 0 Å². The zero-order chi connectivity index (χ0) is 22.7. The number of benzene rings is 1. The second-order valence-electron chi connectivity index (χ2n) is 8.90. The Balaban J connectivity index is 1.41. The molecule has 2 aromatic rings. The van der Waals surface area contributed by atoms with Crippen molar-refractivity contribution in [3.05, 3.63) is 51.8 Å². The molecule has 2 amide bonds. The van der Waals surface area contributed by atoms with Crippen molar-refractivity contribution >= 4 is 23.4 Å². The van der Waals surface area contributed by atoms with E-state index in [1.165, 1.54) is 4.68 Å². The number of amides is 2. The number of carbonyl (C=O) groups is 2. The Morgan fingerprint density at radius 2 is 2.00 bits per heavy atom. The Morgan fingerprint density at radius 3 is 2.62 bits per heavy atom. The maximum absolute atomic E-state index is 14.7. The van der Waals surface area contributed by atoms with Crippen molar-refractivity contribution in [1.29, 1.82) is 0 Å². The number of hydrogen-bond donors (Lipinski definition) is 1. The first kappa shape index (κ1) is 21.3. The molecule has 5 rings (SSSR count). The molecule has 3 fully saturated rings. The SMILES string of the molecule is Cc1cnn(C)c1C(=O)N1[C@@H](C(=O)N[C@@H](c2cc(F)c(Cl)cc2F)C2COC2)C[C@H]2C[C@H]21. The van der Waals surface area contributed by atoms with Gasteiger partial charge in [0.05, 0.1) is 30.5 Å². The molecule has 0 bridgehead atoms. The van der Waals surface area contributed by atoms with Crippen LogP contribution in [0.15, 0.2) is 18.3 Å². The monoisotopic (exact) mass is 464 g/mol. The largest absolute Gasteiger partial charge is 0.381 e. The van der Waals surface area contributed by atoms with E-state index >= 15 is 0 Å². The van der Waals surface area contributed by atoms with Crippen molar-refractivity contribution in [1.82, 2.24) is 20.0 Å². The molecule has 0 spiro atoms. The summed E-state index contributed by atoms with van der Waals surface area (Å²) >= 11 is 5.70. The van der Waals surface area contributed by atoms with Gasteiger partial charge in [-0.2, -0.15) is 5.10 Å². The van der Waals surface area contributed by atoms with Crippen molar-refractivity contribution in [2.45, 2.75) is 37.9 Å². The van der Waals surface area contributed by atoms with Gasteiger partial charge < -0.3 is 15.0 Å². The molecule has 3 aliphatic rings. The van der Waals surface area contributed by atoms with Crippen LogP contribution in [0.3, 0.4) is 0 Å². The van der Waals surface area contributed by atoms with Crippen molar-refractivity contribution in [2.24, 2.45) is 18.9 Å². The Labute approximate surface area is 188 Å². The van der Waals surface area contributed by atoms with Gasteiger partial charge in [-0.25, -0.2) is 8.78 Å². The van der Waals surface area contributed by atoms with Gasteiger partial charge in [-0.3, -0.25) is 14.3 Å². The van der Waals surface area contributed by atoms with E-state index in [1.807, 2.05) is 0 Å². The number of halogens is 3. The summed E-state index contributed by atoms with van der Waals surface area (Å²) in [6, 6.07) is 0.494. The lowest BCUT2D eigenvalue weighted by Gasteiger charge is -2.36. The minimum atomic E-state index is -0.782. The predicted molar refractivity (Wildman–Crippen MR) is 111 cm³/mol. The van der Waals surface area contributed by atoms with Crippen LogP contribution in [-0.4, -0.2) is 51.8 Å². The molecule has 32 heavy (non-hydrogen) atoms. The quantitative estimate of drug-likeness (QED) is 0.690. The van der Waals surface area contributed by atoms with Gasteiger partial charge in [0.25, 0.3) is 5.91 Å². The minimum absolute atomic E-state index is 0.0164. The maximum Gasteiger partial charge on any atom is 0.273 e. The van der Waals surface area contributed by atoms with Gasteiger partial charge in [0, 0.05) is 24.6 Å². The van der Waals surface area contributed by atoms with E-state index in [2.05, 4.69) is 10.4 Å². The molecule has 1 aromatic carbocycles.